The van der Waals surface area contributed by atoms with Gasteiger partial charge in [0, 0.05) is 0 Å². The second-order valence-corrected chi connectivity index (χ2v) is 4.74. The van der Waals surface area contributed by atoms with Gasteiger partial charge in [0.1, 0.15) is 0 Å². The van der Waals surface area contributed by atoms with Crippen LogP contribution in [0.15, 0.2) is 0 Å². The molecule has 0 aliphatic rings. The highest BCUT2D eigenvalue weighted by Gasteiger charge is 2.13. The highest BCUT2D eigenvalue weighted by Crippen LogP contribution is 2.19. The summed E-state index contributed by atoms with van der Waals surface area (Å²) in [5.41, 5.74) is 0. The maximum Gasteiger partial charge on any atom is 0.0545 e. The van der Waals surface area contributed by atoms with Gasteiger partial charge in [0.2, 0.25) is 0 Å². The number of aliphatic hydroxyl groups is 1. The van der Waals surface area contributed by atoms with Crippen molar-refractivity contribution in [2.75, 3.05) is 0 Å². The van der Waals surface area contributed by atoms with Crippen LogP contribution in [-0.4, -0.2) is 11.2 Å². The van der Waals surface area contributed by atoms with Gasteiger partial charge >= 0.3 is 0 Å². The van der Waals surface area contributed by atoms with Crippen LogP contribution in [0.4, 0.5) is 0 Å². The van der Waals surface area contributed by atoms with Gasteiger partial charge in [-0.1, -0.05) is 34.6 Å². The molecule has 0 heterocycles. The van der Waals surface area contributed by atoms with E-state index in [9.17, 15) is 5.11 Å². The molecule has 2 atom stereocenters. The molecule has 0 aromatic rings. The molecule has 0 spiro atoms. The Labute approximate surface area is 77.2 Å². The molecule has 0 aliphatic carbocycles. The van der Waals surface area contributed by atoms with Crippen molar-refractivity contribution in [3.63, 3.8) is 0 Å². The van der Waals surface area contributed by atoms with E-state index in [-0.39, 0.29) is 6.10 Å². The highest BCUT2D eigenvalue weighted by atomic mass is 16.3. The lowest BCUT2D eigenvalue weighted by atomic mass is 9.89. The van der Waals surface area contributed by atoms with E-state index in [0.29, 0.717) is 17.8 Å². The molecule has 0 amide bonds. The molecular formula is C11H24O. The third-order valence-electron chi connectivity index (χ3n) is 2.53. The van der Waals surface area contributed by atoms with Crippen LogP contribution >= 0.6 is 0 Å². The highest BCUT2D eigenvalue weighted by molar-refractivity contribution is 4.65. The predicted molar refractivity (Wildman–Crippen MR) is 54.1 cm³/mol. The van der Waals surface area contributed by atoms with Crippen molar-refractivity contribution in [2.45, 2.75) is 53.6 Å². The van der Waals surface area contributed by atoms with Crippen molar-refractivity contribution in [1.29, 1.82) is 0 Å². The van der Waals surface area contributed by atoms with Crippen LogP contribution in [0, 0.1) is 17.8 Å². The van der Waals surface area contributed by atoms with Crippen LogP contribution in [0.3, 0.4) is 0 Å². The molecule has 0 saturated heterocycles. The number of hydrogen-bond donors (Lipinski definition) is 1. The predicted octanol–water partition coefficient (Wildman–Crippen LogP) is 3.08. The fourth-order valence-electron chi connectivity index (χ4n) is 1.34. The summed E-state index contributed by atoms with van der Waals surface area (Å²) in [5, 5.41) is 9.64. The summed E-state index contributed by atoms with van der Waals surface area (Å²) >= 11 is 0. The zero-order valence-electron chi connectivity index (χ0n) is 9.17. The van der Waals surface area contributed by atoms with Crippen molar-refractivity contribution in [2.24, 2.45) is 17.8 Å². The van der Waals surface area contributed by atoms with E-state index in [0.717, 1.165) is 12.8 Å². The molecule has 74 valence electrons. The normalized spacial score (nSPS) is 17.0. The molecule has 0 aliphatic heterocycles. The molecule has 0 radical (unpaired) electrons. The van der Waals surface area contributed by atoms with Crippen LogP contribution < -0.4 is 0 Å². The molecule has 12 heavy (non-hydrogen) atoms. The Balaban J connectivity index is 3.61. The molecule has 1 nitrogen and oxygen atoms in total. The monoisotopic (exact) mass is 172 g/mol. The van der Waals surface area contributed by atoms with Crippen molar-refractivity contribution in [3.8, 4) is 0 Å². The molecule has 0 rings (SSSR count). The summed E-state index contributed by atoms with van der Waals surface area (Å²) in [5.74, 6) is 1.94. The first-order valence-corrected chi connectivity index (χ1v) is 5.11. The minimum absolute atomic E-state index is 0.0950. The lowest BCUT2D eigenvalue weighted by Crippen LogP contribution is -2.17. The maximum atomic E-state index is 9.64. The third-order valence-corrected chi connectivity index (χ3v) is 2.53. The van der Waals surface area contributed by atoms with E-state index in [1.807, 2.05) is 0 Å². The summed E-state index contributed by atoms with van der Waals surface area (Å²) in [6, 6.07) is 0. The standard InChI is InChI=1S/C11H24O/c1-8(2)6-11(12)7-10(5)9(3)4/h8-12H,6-7H2,1-5H3/t10?,11-/m1/s1. The second-order valence-electron chi connectivity index (χ2n) is 4.74. The van der Waals surface area contributed by atoms with Gasteiger partial charge in [0.15, 0.2) is 0 Å². The Morgan fingerprint density at radius 2 is 1.42 bits per heavy atom. The van der Waals surface area contributed by atoms with Gasteiger partial charge in [-0.15, -0.1) is 0 Å². The fraction of sp³-hybridized carbons (Fsp3) is 1.00. The molecule has 0 aromatic heterocycles. The van der Waals surface area contributed by atoms with Gasteiger partial charge in [0.25, 0.3) is 0 Å². The van der Waals surface area contributed by atoms with Crippen molar-refractivity contribution >= 4 is 0 Å². The van der Waals surface area contributed by atoms with Crippen LogP contribution in [0.1, 0.15) is 47.5 Å². The topological polar surface area (TPSA) is 20.2 Å². The SMILES string of the molecule is CC(C)C[C@@H](O)CC(C)C(C)C. The Bertz CT molecular complexity index is 108. The minimum atomic E-state index is -0.0950. The first-order valence-electron chi connectivity index (χ1n) is 5.11. The van der Waals surface area contributed by atoms with E-state index >= 15 is 0 Å². The van der Waals surface area contributed by atoms with Crippen LogP contribution in [-0.2, 0) is 0 Å². The Hall–Kier alpha value is -0.0400. The first-order chi connectivity index (χ1) is 5.43. The summed E-state index contributed by atoms with van der Waals surface area (Å²) in [6.07, 6.45) is 1.80. The van der Waals surface area contributed by atoms with Crippen LogP contribution in [0.5, 0.6) is 0 Å². The smallest absolute Gasteiger partial charge is 0.0545 e. The largest absolute Gasteiger partial charge is 0.393 e. The molecule has 0 fully saturated rings. The van der Waals surface area contributed by atoms with Crippen LogP contribution in [0.2, 0.25) is 0 Å². The summed E-state index contributed by atoms with van der Waals surface area (Å²) in [6.45, 7) is 11.0. The van der Waals surface area contributed by atoms with E-state index in [1.165, 1.54) is 0 Å². The van der Waals surface area contributed by atoms with Crippen molar-refractivity contribution < 1.29 is 5.11 Å². The van der Waals surface area contributed by atoms with Gasteiger partial charge in [-0.2, -0.15) is 0 Å². The van der Waals surface area contributed by atoms with Gasteiger partial charge in [-0.25, -0.2) is 0 Å². The number of hydrogen-bond acceptors (Lipinski definition) is 1. The summed E-state index contributed by atoms with van der Waals surface area (Å²) in [4.78, 5) is 0. The zero-order valence-corrected chi connectivity index (χ0v) is 9.17. The molecule has 0 bridgehead atoms. The molecule has 1 N–H and O–H groups in total. The maximum absolute atomic E-state index is 9.64. The van der Waals surface area contributed by atoms with E-state index < -0.39 is 0 Å². The Kier molecular flexibility index (Phi) is 5.56. The average molecular weight is 172 g/mol. The number of rotatable bonds is 5. The number of aliphatic hydroxyl groups excluding tert-OH is 1. The second kappa shape index (κ2) is 5.58. The summed E-state index contributed by atoms with van der Waals surface area (Å²) in [7, 11) is 0. The molecule has 1 heteroatoms. The van der Waals surface area contributed by atoms with Gasteiger partial charge in [-0.3, -0.25) is 0 Å². The zero-order chi connectivity index (χ0) is 9.72. The molecule has 0 saturated carbocycles. The third kappa shape index (κ3) is 5.59. The Morgan fingerprint density at radius 1 is 0.917 bits per heavy atom. The van der Waals surface area contributed by atoms with Gasteiger partial charge < -0.3 is 5.11 Å². The van der Waals surface area contributed by atoms with E-state index in [4.69, 9.17) is 0 Å². The minimum Gasteiger partial charge on any atom is -0.393 e. The van der Waals surface area contributed by atoms with E-state index in [1.54, 1.807) is 0 Å². The average Bonchev–Trinajstić information content (AvgIpc) is 1.84. The quantitative estimate of drug-likeness (QED) is 0.675. The van der Waals surface area contributed by atoms with Crippen molar-refractivity contribution in [1.82, 2.24) is 0 Å². The molecule has 0 aromatic carbocycles. The van der Waals surface area contributed by atoms with E-state index in [2.05, 4.69) is 34.6 Å². The first kappa shape index (κ1) is 12.0. The lowest BCUT2D eigenvalue weighted by Gasteiger charge is -2.20. The van der Waals surface area contributed by atoms with Crippen molar-refractivity contribution in [3.05, 3.63) is 0 Å². The molecule has 1 unspecified atom stereocenters. The Morgan fingerprint density at radius 3 is 1.75 bits per heavy atom. The fourth-order valence-corrected chi connectivity index (χ4v) is 1.34. The van der Waals surface area contributed by atoms with Gasteiger partial charge in [0.05, 0.1) is 6.10 Å². The molecular weight excluding hydrogens is 148 g/mol. The van der Waals surface area contributed by atoms with Gasteiger partial charge in [-0.05, 0) is 30.6 Å². The van der Waals surface area contributed by atoms with Crippen LogP contribution in [0.25, 0.3) is 0 Å². The summed E-state index contributed by atoms with van der Waals surface area (Å²) < 4.78 is 0. The lowest BCUT2D eigenvalue weighted by molar-refractivity contribution is 0.113.